The van der Waals surface area contributed by atoms with Crippen LogP contribution in [0.15, 0.2) is 0 Å². The predicted molar refractivity (Wildman–Crippen MR) is 377 cm³/mol. The lowest BCUT2D eigenvalue weighted by Gasteiger charge is -2.21. The second kappa shape index (κ2) is 66.0. The van der Waals surface area contributed by atoms with Crippen LogP contribution in [0.25, 0.3) is 0 Å². The van der Waals surface area contributed by atoms with E-state index in [4.69, 9.17) is 37.0 Å². The minimum atomic E-state index is -4.95. The van der Waals surface area contributed by atoms with Gasteiger partial charge in [0.25, 0.3) is 0 Å². The van der Waals surface area contributed by atoms with Crippen LogP contribution in [-0.4, -0.2) is 96.7 Å². The van der Waals surface area contributed by atoms with Crippen LogP contribution in [0.4, 0.5) is 0 Å². The molecule has 0 heterocycles. The molecule has 5 atom stereocenters. The Morgan fingerprint density at radius 2 is 0.495 bits per heavy atom. The van der Waals surface area contributed by atoms with Crippen molar-refractivity contribution in [2.45, 2.75) is 400 Å². The fourth-order valence-corrected chi connectivity index (χ4v) is 12.9. The highest BCUT2D eigenvalue weighted by molar-refractivity contribution is 7.47. The molecule has 552 valence electrons. The van der Waals surface area contributed by atoms with Gasteiger partial charge in [-0.25, -0.2) is 9.13 Å². The zero-order valence-electron chi connectivity index (χ0n) is 60.6. The van der Waals surface area contributed by atoms with Gasteiger partial charge < -0.3 is 33.8 Å². The number of unbranched alkanes of at least 4 members (excludes halogenated alkanes) is 43. The van der Waals surface area contributed by atoms with Gasteiger partial charge >= 0.3 is 39.5 Å². The van der Waals surface area contributed by atoms with E-state index < -0.39 is 97.5 Å². The summed E-state index contributed by atoms with van der Waals surface area (Å²) in [6.07, 6.45) is 52.5. The van der Waals surface area contributed by atoms with Crippen molar-refractivity contribution in [3.63, 3.8) is 0 Å². The molecule has 0 aromatic rings. The number of aliphatic hydroxyl groups excluding tert-OH is 1. The normalized spacial score (nSPS) is 14.1. The number of rotatable bonds is 73. The molecule has 3 N–H and O–H groups in total. The highest BCUT2D eigenvalue weighted by Gasteiger charge is 2.30. The molecule has 0 aliphatic carbocycles. The summed E-state index contributed by atoms with van der Waals surface area (Å²) in [5.74, 6) is -0.605. The summed E-state index contributed by atoms with van der Waals surface area (Å²) in [6, 6.07) is 0. The van der Waals surface area contributed by atoms with Gasteiger partial charge in [0.1, 0.15) is 19.3 Å². The van der Waals surface area contributed by atoms with Crippen molar-refractivity contribution in [2.24, 2.45) is 11.8 Å². The summed E-state index contributed by atoms with van der Waals surface area (Å²) in [5.41, 5.74) is 0. The molecule has 0 saturated heterocycles. The Labute approximate surface area is 568 Å². The van der Waals surface area contributed by atoms with E-state index in [2.05, 4.69) is 41.5 Å². The zero-order chi connectivity index (χ0) is 68.6. The Morgan fingerprint density at radius 1 is 0.290 bits per heavy atom. The number of carbonyl (C=O) groups is 4. The Kier molecular flexibility index (Phi) is 64.6. The number of hydrogen-bond acceptors (Lipinski definition) is 15. The molecule has 93 heavy (non-hydrogen) atoms. The standard InChI is InChI=1S/C74H144O17P2/c1-7-9-11-13-15-17-19-21-23-25-34-40-46-52-58-73(78)90-69(63-85-72(77)57-51-45-39-33-28-26-30-36-42-48-54-66(3)4)64-88-92(80,81)86-60-68(75)61-87-93(82,83)89-65-70(91-74(79)59-53-47-41-35-29-27-31-37-43-49-55-67(5)6)62-84-71(76)56-50-44-38-32-24-22-20-18-16-14-12-10-8-2/h66-70,75H,7-65H2,1-6H3,(H,80,81)(H,82,83)/t68-,69-,70-/m1/s1. The first-order valence-corrected chi connectivity index (χ1v) is 41.5. The van der Waals surface area contributed by atoms with Crippen LogP contribution in [0, 0.1) is 11.8 Å². The maximum Gasteiger partial charge on any atom is 0.472 e. The van der Waals surface area contributed by atoms with Crippen molar-refractivity contribution >= 4 is 39.5 Å². The van der Waals surface area contributed by atoms with Gasteiger partial charge in [-0.15, -0.1) is 0 Å². The lowest BCUT2D eigenvalue weighted by atomic mass is 10.0. The monoisotopic (exact) mass is 1370 g/mol. The van der Waals surface area contributed by atoms with Gasteiger partial charge in [-0.1, -0.05) is 330 Å². The van der Waals surface area contributed by atoms with E-state index >= 15 is 0 Å². The Hall–Kier alpha value is -1.94. The fraction of sp³-hybridized carbons (Fsp3) is 0.946. The third-order valence-electron chi connectivity index (χ3n) is 17.2. The maximum absolute atomic E-state index is 13.1. The molecule has 19 heteroatoms. The molecule has 0 bridgehead atoms. The topological polar surface area (TPSA) is 237 Å². The zero-order valence-corrected chi connectivity index (χ0v) is 62.3. The van der Waals surface area contributed by atoms with Gasteiger partial charge in [-0.3, -0.25) is 37.3 Å². The highest BCUT2D eigenvalue weighted by atomic mass is 31.2. The van der Waals surface area contributed by atoms with Crippen molar-refractivity contribution in [1.29, 1.82) is 0 Å². The van der Waals surface area contributed by atoms with Crippen LogP contribution in [0.1, 0.15) is 382 Å². The second-order valence-corrected chi connectivity index (χ2v) is 30.5. The summed E-state index contributed by atoms with van der Waals surface area (Å²) in [7, 11) is -9.91. The predicted octanol–water partition coefficient (Wildman–Crippen LogP) is 21.6. The molecular formula is C74H144O17P2. The van der Waals surface area contributed by atoms with Gasteiger partial charge in [0.2, 0.25) is 0 Å². The molecule has 0 aromatic carbocycles. The first-order valence-electron chi connectivity index (χ1n) is 38.5. The molecule has 17 nitrogen and oxygen atoms in total. The lowest BCUT2D eigenvalue weighted by Crippen LogP contribution is -2.30. The van der Waals surface area contributed by atoms with Gasteiger partial charge in [0.15, 0.2) is 12.2 Å². The van der Waals surface area contributed by atoms with Crippen molar-refractivity contribution in [3.8, 4) is 0 Å². The molecular weight excluding hydrogens is 1220 g/mol. The van der Waals surface area contributed by atoms with Crippen molar-refractivity contribution in [2.75, 3.05) is 39.6 Å². The fourth-order valence-electron chi connectivity index (χ4n) is 11.3. The van der Waals surface area contributed by atoms with Crippen molar-refractivity contribution in [3.05, 3.63) is 0 Å². The Balaban J connectivity index is 5.27. The number of esters is 4. The Morgan fingerprint density at radius 3 is 0.731 bits per heavy atom. The van der Waals surface area contributed by atoms with E-state index in [0.717, 1.165) is 102 Å². The van der Waals surface area contributed by atoms with Crippen molar-refractivity contribution < 1.29 is 80.2 Å². The van der Waals surface area contributed by atoms with E-state index in [-0.39, 0.29) is 25.7 Å². The number of ether oxygens (including phenoxy) is 4. The summed E-state index contributed by atoms with van der Waals surface area (Å²) >= 11 is 0. The molecule has 0 aliphatic heterocycles. The van der Waals surface area contributed by atoms with E-state index in [1.165, 1.54) is 199 Å². The number of hydrogen-bond donors (Lipinski definition) is 3. The number of aliphatic hydroxyl groups is 1. The third-order valence-corrected chi connectivity index (χ3v) is 19.1. The summed E-state index contributed by atoms with van der Waals surface area (Å²) in [5, 5.41) is 10.6. The summed E-state index contributed by atoms with van der Waals surface area (Å²) in [4.78, 5) is 72.8. The van der Waals surface area contributed by atoms with E-state index in [1.807, 2.05) is 0 Å². The second-order valence-electron chi connectivity index (χ2n) is 27.6. The minimum absolute atomic E-state index is 0.106. The van der Waals surface area contributed by atoms with Crippen LogP contribution >= 0.6 is 15.6 Å². The maximum atomic E-state index is 13.1. The Bertz CT molecular complexity index is 1800. The van der Waals surface area contributed by atoms with E-state index in [1.54, 1.807) is 0 Å². The van der Waals surface area contributed by atoms with Gasteiger partial charge in [0.05, 0.1) is 26.4 Å². The average molecular weight is 1370 g/mol. The molecule has 0 rings (SSSR count). The average Bonchev–Trinajstić information content (AvgIpc) is 3.05. The van der Waals surface area contributed by atoms with Crippen LogP contribution in [0.2, 0.25) is 0 Å². The molecule has 0 radical (unpaired) electrons. The van der Waals surface area contributed by atoms with Crippen molar-refractivity contribution in [1.82, 2.24) is 0 Å². The largest absolute Gasteiger partial charge is 0.472 e. The first kappa shape index (κ1) is 91.1. The minimum Gasteiger partial charge on any atom is -0.462 e. The molecule has 0 spiro atoms. The lowest BCUT2D eigenvalue weighted by molar-refractivity contribution is -0.161. The smallest absolute Gasteiger partial charge is 0.462 e. The molecule has 2 unspecified atom stereocenters. The van der Waals surface area contributed by atoms with Crippen LogP contribution in [0.5, 0.6) is 0 Å². The van der Waals surface area contributed by atoms with E-state index in [9.17, 15) is 43.2 Å². The van der Waals surface area contributed by atoms with Gasteiger partial charge in [0, 0.05) is 25.7 Å². The molecule has 0 aliphatic rings. The van der Waals surface area contributed by atoms with Crippen LogP contribution < -0.4 is 0 Å². The van der Waals surface area contributed by atoms with E-state index in [0.29, 0.717) is 25.7 Å². The number of phosphoric ester groups is 2. The van der Waals surface area contributed by atoms with Gasteiger partial charge in [-0.05, 0) is 37.5 Å². The SMILES string of the molecule is CCCCCCCCCCCCCCCCC(=O)O[C@H](COC(=O)CCCCCCCCCCCCC(C)C)COP(=O)(O)OC[C@@H](O)COP(=O)(O)OC[C@@H](COC(=O)CCCCCCCCCCCCCCC)OC(=O)CCCCCCCCCCCCC(C)C. The quantitative estimate of drug-likeness (QED) is 0.0222. The van der Waals surface area contributed by atoms with Gasteiger partial charge in [-0.2, -0.15) is 0 Å². The third kappa shape index (κ3) is 68.4. The molecule has 0 aromatic heterocycles. The number of carbonyl (C=O) groups excluding carboxylic acids is 4. The molecule has 0 saturated carbocycles. The summed E-state index contributed by atoms with van der Waals surface area (Å²) in [6.45, 7) is 9.57. The number of phosphoric acid groups is 2. The first-order chi connectivity index (χ1) is 44.9. The molecule has 0 amide bonds. The van der Waals surface area contributed by atoms with Crippen LogP contribution in [-0.2, 0) is 65.4 Å². The molecule has 0 fully saturated rings. The highest BCUT2D eigenvalue weighted by Crippen LogP contribution is 2.45. The summed E-state index contributed by atoms with van der Waals surface area (Å²) < 4.78 is 68.5. The van der Waals surface area contributed by atoms with Crippen LogP contribution in [0.3, 0.4) is 0 Å².